The summed E-state index contributed by atoms with van der Waals surface area (Å²) in [4.78, 5) is 0. The molecule has 1 heterocycles. The maximum Gasteiger partial charge on any atom is 0.130 e. The zero-order chi connectivity index (χ0) is 12.1. The molecule has 1 rings (SSSR count). The molecule has 1 aromatic rings. The minimum absolute atomic E-state index is 0.893. The molecule has 0 atom stereocenters. The van der Waals surface area contributed by atoms with E-state index in [1.165, 1.54) is 11.1 Å². The van der Waals surface area contributed by atoms with Crippen LogP contribution < -0.4 is 0 Å². The predicted molar refractivity (Wildman–Crippen MR) is 71.3 cm³/mol. The van der Waals surface area contributed by atoms with Crippen LogP contribution in [0, 0.1) is 13.8 Å². The van der Waals surface area contributed by atoms with Crippen LogP contribution in [0.1, 0.15) is 29.6 Å². The third kappa shape index (κ3) is 2.43. The first-order chi connectivity index (χ1) is 7.61. The summed E-state index contributed by atoms with van der Waals surface area (Å²) in [6.45, 7) is 13.5. The van der Waals surface area contributed by atoms with Crippen LogP contribution in [0.3, 0.4) is 0 Å². The molecule has 0 aliphatic carbocycles. The van der Waals surface area contributed by atoms with Gasteiger partial charge in [0, 0.05) is 11.1 Å². The van der Waals surface area contributed by atoms with E-state index in [1.807, 2.05) is 25.2 Å². The Morgan fingerprint density at radius 2 is 1.88 bits per heavy atom. The van der Waals surface area contributed by atoms with E-state index < -0.39 is 0 Å². The fourth-order valence-electron chi connectivity index (χ4n) is 1.83. The topological polar surface area (TPSA) is 13.1 Å². The summed E-state index contributed by atoms with van der Waals surface area (Å²) in [6.07, 6.45) is 9.33. The average molecular weight is 214 g/mol. The maximum atomic E-state index is 5.71. The summed E-state index contributed by atoms with van der Waals surface area (Å²) in [5, 5.41) is 0. The Labute approximate surface area is 97.5 Å². The van der Waals surface area contributed by atoms with Crippen LogP contribution >= 0.6 is 0 Å². The predicted octanol–water partition coefficient (Wildman–Crippen LogP) is 4.68. The molecule has 16 heavy (non-hydrogen) atoms. The van der Waals surface area contributed by atoms with Crippen molar-refractivity contribution in [3.63, 3.8) is 0 Å². The van der Waals surface area contributed by atoms with Crippen molar-refractivity contribution in [2.75, 3.05) is 0 Å². The molecule has 1 nitrogen and oxygen atoms in total. The van der Waals surface area contributed by atoms with Gasteiger partial charge in [0.2, 0.25) is 0 Å². The van der Waals surface area contributed by atoms with Gasteiger partial charge in [-0.1, -0.05) is 37.5 Å². The van der Waals surface area contributed by atoms with E-state index in [2.05, 4.69) is 27.0 Å². The SMILES string of the molecule is C=C/C=C\c1oc(C)c(/C(C)=C\C=C)c1C. The van der Waals surface area contributed by atoms with Gasteiger partial charge < -0.3 is 4.42 Å². The van der Waals surface area contributed by atoms with Gasteiger partial charge >= 0.3 is 0 Å². The van der Waals surface area contributed by atoms with Gasteiger partial charge in [0.05, 0.1) is 0 Å². The smallest absolute Gasteiger partial charge is 0.130 e. The highest BCUT2D eigenvalue weighted by Crippen LogP contribution is 2.28. The summed E-state index contributed by atoms with van der Waals surface area (Å²) in [5.74, 6) is 1.83. The van der Waals surface area contributed by atoms with Gasteiger partial charge in [0.1, 0.15) is 11.5 Å². The summed E-state index contributed by atoms with van der Waals surface area (Å²) >= 11 is 0. The van der Waals surface area contributed by atoms with Crippen molar-refractivity contribution in [1.29, 1.82) is 0 Å². The second-order valence-electron chi connectivity index (χ2n) is 3.70. The van der Waals surface area contributed by atoms with E-state index in [4.69, 9.17) is 4.42 Å². The quantitative estimate of drug-likeness (QED) is 0.663. The van der Waals surface area contributed by atoms with Gasteiger partial charge in [0.15, 0.2) is 0 Å². The average Bonchev–Trinajstić information content (AvgIpc) is 2.51. The van der Waals surface area contributed by atoms with Gasteiger partial charge in [0.25, 0.3) is 0 Å². The van der Waals surface area contributed by atoms with Crippen molar-refractivity contribution in [2.24, 2.45) is 0 Å². The van der Waals surface area contributed by atoms with Crippen molar-refractivity contribution in [2.45, 2.75) is 20.8 Å². The molecule has 0 aromatic carbocycles. The van der Waals surface area contributed by atoms with E-state index in [0.717, 1.165) is 17.1 Å². The van der Waals surface area contributed by atoms with Crippen molar-refractivity contribution >= 4 is 11.6 Å². The maximum absolute atomic E-state index is 5.71. The summed E-state index contributed by atoms with van der Waals surface area (Å²) in [5.41, 5.74) is 3.50. The standard InChI is InChI=1S/C15H18O/c1-6-8-10-14-12(4)15(13(5)16-14)11(3)9-7-2/h6-10H,1-2H2,3-5H3/b10-8-,11-9-. The molecule has 0 saturated carbocycles. The molecular weight excluding hydrogens is 196 g/mol. The molecule has 0 saturated heterocycles. The molecule has 0 fully saturated rings. The molecule has 0 N–H and O–H groups in total. The molecule has 0 radical (unpaired) electrons. The van der Waals surface area contributed by atoms with Crippen LogP contribution in [-0.4, -0.2) is 0 Å². The molecule has 0 spiro atoms. The highest BCUT2D eigenvalue weighted by atomic mass is 16.3. The molecule has 84 valence electrons. The van der Waals surface area contributed by atoms with Crippen molar-refractivity contribution in [3.8, 4) is 0 Å². The summed E-state index contributed by atoms with van der Waals surface area (Å²) in [6, 6.07) is 0. The van der Waals surface area contributed by atoms with E-state index in [9.17, 15) is 0 Å². The first-order valence-corrected chi connectivity index (χ1v) is 5.30. The third-order valence-corrected chi connectivity index (χ3v) is 2.51. The van der Waals surface area contributed by atoms with Crippen LogP contribution in [0.15, 0.2) is 41.9 Å². The Balaban J connectivity index is 3.26. The molecule has 0 unspecified atom stereocenters. The first kappa shape index (κ1) is 12.3. The Bertz CT molecular complexity index is 456. The van der Waals surface area contributed by atoms with Gasteiger partial charge in [-0.05, 0) is 32.4 Å². The van der Waals surface area contributed by atoms with Gasteiger partial charge in [-0.2, -0.15) is 0 Å². The lowest BCUT2D eigenvalue weighted by Gasteiger charge is -1.99. The lowest BCUT2D eigenvalue weighted by atomic mass is 10.0. The first-order valence-electron chi connectivity index (χ1n) is 5.30. The van der Waals surface area contributed by atoms with Crippen LogP contribution in [0.4, 0.5) is 0 Å². The van der Waals surface area contributed by atoms with Gasteiger partial charge in [-0.15, -0.1) is 0 Å². The Kier molecular flexibility index (Phi) is 4.12. The number of rotatable bonds is 4. The van der Waals surface area contributed by atoms with Gasteiger partial charge in [-0.25, -0.2) is 0 Å². The minimum atomic E-state index is 0.893. The highest BCUT2D eigenvalue weighted by Gasteiger charge is 2.12. The number of allylic oxidation sites excluding steroid dienone is 5. The molecule has 1 heteroatoms. The Hall–Kier alpha value is -1.76. The van der Waals surface area contributed by atoms with E-state index in [0.29, 0.717) is 0 Å². The molecular formula is C15H18O. The fraction of sp³-hybridized carbons (Fsp3) is 0.200. The number of furan rings is 1. The van der Waals surface area contributed by atoms with E-state index >= 15 is 0 Å². The zero-order valence-electron chi connectivity index (χ0n) is 10.2. The van der Waals surface area contributed by atoms with Crippen molar-refractivity contribution < 1.29 is 4.42 Å². The minimum Gasteiger partial charge on any atom is -0.461 e. The Morgan fingerprint density at radius 1 is 1.19 bits per heavy atom. The molecule has 0 amide bonds. The van der Waals surface area contributed by atoms with Crippen LogP contribution in [-0.2, 0) is 0 Å². The molecule has 0 bridgehead atoms. The number of aryl methyl sites for hydroxylation is 1. The third-order valence-electron chi connectivity index (χ3n) is 2.51. The van der Waals surface area contributed by atoms with Gasteiger partial charge in [-0.3, -0.25) is 0 Å². The highest BCUT2D eigenvalue weighted by molar-refractivity contribution is 5.72. The van der Waals surface area contributed by atoms with E-state index in [-0.39, 0.29) is 0 Å². The van der Waals surface area contributed by atoms with Crippen LogP contribution in [0.25, 0.3) is 11.6 Å². The van der Waals surface area contributed by atoms with Crippen molar-refractivity contribution in [1.82, 2.24) is 0 Å². The second-order valence-corrected chi connectivity index (χ2v) is 3.70. The van der Waals surface area contributed by atoms with E-state index in [1.54, 1.807) is 12.2 Å². The molecule has 1 aromatic heterocycles. The molecule has 0 aliphatic rings. The lowest BCUT2D eigenvalue weighted by Crippen LogP contribution is -1.83. The molecule has 0 aliphatic heterocycles. The normalized spacial score (nSPS) is 12.1. The largest absolute Gasteiger partial charge is 0.461 e. The van der Waals surface area contributed by atoms with Crippen LogP contribution in [0.2, 0.25) is 0 Å². The second kappa shape index (κ2) is 5.36. The Morgan fingerprint density at radius 3 is 2.44 bits per heavy atom. The number of hydrogen-bond donors (Lipinski definition) is 0. The lowest BCUT2D eigenvalue weighted by molar-refractivity contribution is 0.522. The fourth-order valence-corrected chi connectivity index (χ4v) is 1.83. The number of hydrogen-bond acceptors (Lipinski definition) is 1. The summed E-state index contributed by atoms with van der Waals surface area (Å²) < 4.78 is 5.71. The van der Waals surface area contributed by atoms with Crippen LogP contribution in [0.5, 0.6) is 0 Å². The van der Waals surface area contributed by atoms with Crippen molar-refractivity contribution in [3.05, 3.63) is 60.1 Å². The monoisotopic (exact) mass is 214 g/mol. The zero-order valence-corrected chi connectivity index (χ0v) is 10.2. The summed E-state index contributed by atoms with van der Waals surface area (Å²) in [7, 11) is 0.